The van der Waals surface area contributed by atoms with Crippen LogP contribution in [0.1, 0.15) is 30.5 Å². The van der Waals surface area contributed by atoms with Crippen LogP contribution in [-0.2, 0) is 32.7 Å². The Kier molecular flexibility index (Phi) is 6.85. The Balaban J connectivity index is 3.35. The van der Waals surface area contributed by atoms with Crippen LogP contribution in [-0.4, -0.2) is 29.7 Å². The van der Waals surface area contributed by atoms with Crippen molar-refractivity contribution in [2.75, 3.05) is 13.2 Å². The summed E-state index contributed by atoms with van der Waals surface area (Å²) in [5, 5.41) is 0. The third kappa shape index (κ3) is 5.47. The molecular formula is C14H18F6O3Si. The molecule has 0 aliphatic heterocycles. The van der Waals surface area contributed by atoms with Gasteiger partial charge in [0.2, 0.25) is 0 Å². The van der Waals surface area contributed by atoms with Gasteiger partial charge in [0, 0.05) is 13.2 Å². The molecule has 0 bridgehead atoms. The normalized spacial score (nSPS) is 13.5. The molecule has 0 fully saturated rings. The lowest BCUT2D eigenvalue weighted by Gasteiger charge is -2.32. The number of hydrogen-bond acceptors (Lipinski definition) is 3. The molecule has 3 nitrogen and oxygen atoms in total. The van der Waals surface area contributed by atoms with Gasteiger partial charge in [-0.2, -0.15) is 26.3 Å². The smallest absolute Gasteiger partial charge is 0.380 e. The molecule has 0 radical (unpaired) electrons. The zero-order chi connectivity index (χ0) is 18.6. The Bertz CT molecular complexity index is 506. The second-order valence-corrected chi connectivity index (χ2v) is 5.25. The molecule has 1 aromatic carbocycles. The fraction of sp³-hybridized carbons (Fsp3) is 0.571. The first-order valence-corrected chi connectivity index (χ1v) is 7.90. The monoisotopic (exact) mass is 376 g/mol. The number of alkyl halides is 6. The molecule has 0 unspecified atom stereocenters. The van der Waals surface area contributed by atoms with E-state index in [1.54, 1.807) is 13.8 Å². The topological polar surface area (TPSA) is 27.7 Å². The first-order valence-electron chi connectivity index (χ1n) is 7.09. The molecule has 0 aromatic heterocycles. The van der Waals surface area contributed by atoms with Gasteiger partial charge in [-0.1, -0.05) is 0 Å². The molecule has 0 aliphatic rings. The molecule has 0 aliphatic carbocycles. The van der Waals surface area contributed by atoms with Gasteiger partial charge in [-0.05, 0) is 37.6 Å². The number of halogens is 6. The van der Waals surface area contributed by atoms with Crippen LogP contribution in [0.3, 0.4) is 0 Å². The highest BCUT2D eigenvalue weighted by atomic mass is 28.2. The van der Waals surface area contributed by atoms with Crippen molar-refractivity contribution in [2.24, 2.45) is 0 Å². The van der Waals surface area contributed by atoms with E-state index < -0.39 is 35.9 Å². The van der Waals surface area contributed by atoms with Gasteiger partial charge in [0.05, 0.1) is 17.5 Å². The molecule has 0 amide bonds. The lowest BCUT2D eigenvalue weighted by molar-refractivity contribution is -0.339. The van der Waals surface area contributed by atoms with Crippen molar-refractivity contribution in [1.29, 1.82) is 0 Å². The molecule has 24 heavy (non-hydrogen) atoms. The summed E-state index contributed by atoms with van der Waals surface area (Å²) in [7, 11) is 0.119. The molecule has 0 spiro atoms. The van der Waals surface area contributed by atoms with E-state index in [1.807, 2.05) is 0 Å². The van der Waals surface area contributed by atoms with E-state index in [4.69, 9.17) is 13.9 Å². The van der Waals surface area contributed by atoms with Crippen LogP contribution in [0.4, 0.5) is 26.3 Å². The summed E-state index contributed by atoms with van der Waals surface area (Å²) in [6.45, 7) is 3.46. The van der Waals surface area contributed by atoms with Crippen LogP contribution in [0, 0.1) is 0 Å². The van der Waals surface area contributed by atoms with Crippen molar-refractivity contribution in [3.05, 3.63) is 34.9 Å². The Hall–Kier alpha value is -1.10. The number of rotatable bonds is 7. The van der Waals surface area contributed by atoms with E-state index in [0.29, 0.717) is 12.1 Å². The number of benzene rings is 1. The van der Waals surface area contributed by atoms with Crippen LogP contribution < -0.4 is 0 Å². The predicted octanol–water partition coefficient (Wildman–Crippen LogP) is 3.29. The van der Waals surface area contributed by atoms with Gasteiger partial charge in [0.1, 0.15) is 0 Å². The molecular weight excluding hydrogens is 358 g/mol. The molecule has 0 saturated carbocycles. The fourth-order valence-electron chi connectivity index (χ4n) is 2.14. The average Bonchev–Trinajstić information content (AvgIpc) is 2.45. The van der Waals surface area contributed by atoms with Crippen LogP contribution >= 0.6 is 0 Å². The Morgan fingerprint density at radius 3 is 1.54 bits per heavy atom. The van der Waals surface area contributed by atoms with E-state index in [1.165, 1.54) is 0 Å². The van der Waals surface area contributed by atoms with Gasteiger partial charge in [0.25, 0.3) is 5.97 Å². The SMILES string of the molecule is CCOC(Cc1cc(C(F)(F)F)cc(C(F)(F)F)c1)(O[SiH3])OCC. The molecule has 0 atom stereocenters. The van der Waals surface area contributed by atoms with Gasteiger partial charge in [0.15, 0.2) is 10.5 Å². The highest BCUT2D eigenvalue weighted by molar-refractivity contribution is 5.98. The van der Waals surface area contributed by atoms with E-state index in [9.17, 15) is 26.3 Å². The maximum atomic E-state index is 12.9. The number of hydrogen-bond donors (Lipinski definition) is 0. The lowest BCUT2D eigenvalue weighted by atomic mass is 10.0. The summed E-state index contributed by atoms with van der Waals surface area (Å²) in [5.41, 5.74) is -3.01. The van der Waals surface area contributed by atoms with Gasteiger partial charge in [-0.25, -0.2) is 0 Å². The summed E-state index contributed by atoms with van der Waals surface area (Å²) < 4.78 is 93.2. The van der Waals surface area contributed by atoms with Crippen molar-refractivity contribution >= 4 is 10.5 Å². The van der Waals surface area contributed by atoms with Crippen LogP contribution in [0.25, 0.3) is 0 Å². The van der Waals surface area contributed by atoms with Crippen LogP contribution in [0.15, 0.2) is 18.2 Å². The summed E-state index contributed by atoms with van der Waals surface area (Å²) >= 11 is 0. The van der Waals surface area contributed by atoms with Gasteiger partial charge in [-0.3, -0.25) is 0 Å². The van der Waals surface area contributed by atoms with Crippen molar-refractivity contribution in [3.8, 4) is 0 Å². The lowest BCUT2D eigenvalue weighted by Crippen LogP contribution is -2.41. The van der Waals surface area contributed by atoms with Crippen molar-refractivity contribution < 1.29 is 40.2 Å². The van der Waals surface area contributed by atoms with E-state index in [0.717, 1.165) is 0 Å². The third-order valence-corrected chi connectivity index (χ3v) is 3.73. The third-order valence-electron chi connectivity index (χ3n) is 3.11. The van der Waals surface area contributed by atoms with Gasteiger partial charge >= 0.3 is 12.4 Å². The molecule has 1 aromatic rings. The van der Waals surface area contributed by atoms with E-state index >= 15 is 0 Å². The Morgan fingerprint density at radius 2 is 1.25 bits per heavy atom. The Morgan fingerprint density at radius 1 is 0.833 bits per heavy atom. The van der Waals surface area contributed by atoms with Crippen molar-refractivity contribution in [2.45, 2.75) is 38.6 Å². The minimum Gasteiger partial charge on any atom is -0.380 e. The van der Waals surface area contributed by atoms with Gasteiger partial charge < -0.3 is 13.9 Å². The van der Waals surface area contributed by atoms with E-state index in [-0.39, 0.29) is 35.3 Å². The van der Waals surface area contributed by atoms with Crippen molar-refractivity contribution in [3.63, 3.8) is 0 Å². The molecule has 0 saturated heterocycles. The van der Waals surface area contributed by atoms with Crippen molar-refractivity contribution in [1.82, 2.24) is 0 Å². The zero-order valence-corrected chi connectivity index (χ0v) is 15.3. The first kappa shape index (κ1) is 20.9. The standard InChI is InChI=1S/C14H18F6O3Si/c1-3-21-12(23-24,22-4-2)8-9-5-10(13(15,16)17)7-11(6-9)14(18,19)20/h5-7H,3-4,8H2,1-2,24H3. The zero-order valence-electron chi connectivity index (χ0n) is 13.3. The highest BCUT2D eigenvalue weighted by Crippen LogP contribution is 2.37. The summed E-state index contributed by atoms with van der Waals surface area (Å²) in [5.74, 6) is -1.69. The predicted molar refractivity (Wildman–Crippen MR) is 77.2 cm³/mol. The maximum absolute atomic E-state index is 12.9. The quantitative estimate of drug-likeness (QED) is 0.415. The minimum absolute atomic E-state index is 0.0775. The minimum atomic E-state index is -4.91. The maximum Gasteiger partial charge on any atom is 0.416 e. The first-order chi connectivity index (χ1) is 11.0. The number of ether oxygens (including phenoxy) is 2. The molecule has 0 N–H and O–H groups in total. The summed E-state index contributed by atoms with van der Waals surface area (Å²) in [6, 6.07) is 1.36. The fourth-order valence-corrected chi connectivity index (χ4v) is 2.53. The second-order valence-electron chi connectivity index (χ2n) is 4.84. The van der Waals surface area contributed by atoms with E-state index in [2.05, 4.69) is 0 Å². The highest BCUT2D eigenvalue weighted by Gasteiger charge is 2.38. The average molecular weight is 376 g/mol. The van der Waals surface area contributed by atoms with Crippen LogP contribution in [0.2, 0.25) is 0 Å². The largest absolute Gasteiger partial charge is 0.416 e. The van der Waals surface area contributed by atoms with Gasteiger partial charge in [-0.15, -0.1) is 0 Å². The summed E-state index contributed by atoms with van der Waals surface area (Å²) in [6.07, 6.45) is -10.2. The second kappa shape index (κ2) is 7.85. The molecule has 1 rings (SSSR count). The Labute approximate surface area is 138 Å². The molecule has 0 heterocycles. The molecule has 138 valence electrons. The van der Waals surface area contributed by atoms with Crippen LogP contribution in [0.5, 0.6) is 0 Å². The summed E-state index contributed by atoms with van der Waals surface area (Å²) in [4.78, 5) is 0. The molecule has 10 heteroatoms.